The Labute approximate surface area is 244 Å². The number of aliphatic hydroxyl groups is 4. The molecule has 5 atom stereocenters. The third-order valence-electron chi connectivity index (χ3n) is 6.95. The van der Waals surface area contributed by atoms with E-state index in [2.05, 4.69) is 20.8 Å². The van der Waals surface area contributed by atoms with Crippen LogP contribution < -0.4 is 25.8 Å². The summed E-state index contributed by atoms with van der Waals surface area (Å²) in [6, 6.07) is 5.79. The number of nitrogens with one attached hydrogen (secondary N) is 3. The maximum Gasteiger partial charge on any atom is 0.238 e. The van der Waals surface area contributed by atoms with Crippen molar-refractivity contribution in [3.8, 4) is 11.6 Å². The zero-order valence-corrected chi connectivity index (χ0v) is 24.2. The molecule has 234 valence electrons. The first-order valence-corrected chi connectivity index (χ1v) is 14.0. The van der Waals surface area contributed by atoms with E-state index in [1.54, 1.807) is 0 Å². The second-order valence-corrected chi connectivity index (χ2v) is 10.6. The van der Waals surface area contributed by atoms with Crippen molar-refractivity contribution < 1.29 is 44.2 Å². The van der Waals surface area contributed by atoms with E-state index in [9.17, 15) is 30.0 Å². The van der Waals surface area contributed by atoms with Gasteiger partial charge >= 0.3 is 0 Å². The van der Waals surface area contributed by atoms with Crippen molar-refractivity contribution in [2.45, 2.75) is 76.7 Å². The van der Waals surface area contributed by atoms with E-state index in [0.717, 1.165) is 34.6 Å². The summed E-state index contributed by atoms with van der Waals surface area (Å²) in [5.41, 5.74) is 8.58. The number of hydrogen-bond donors (Lipinski definition) is 8. The van der Waals surface area contributed by atoms with Gasteiger partial charge in [-0.05, 0) is 49.1 Å². The van der Waals surface area contributed by atoms with Crippen LogP contribution in [0.5, 0.6) is 11.6 Å². The average Bonchev–Trinajstić information content (AvgIpc) is 3.35. The molecule has 1 fully saturated rings. The molecule has 1 saturated heterocycles. The molecule has 0 bridgehead atoms. The number of aromatic amines is 1. The van der Waals surface area contributed by atoms with Crippen molar-refractivity contribution in [1.29, 1.82) is 0 Å². The fraction of sp³-hybridized carbons (Fsp3) is 0.607. The van der Waals surface area contributed by atoms with Crippen LogP contribution >= 0.6 is 0 Å². The van der Waals surface area contributed by atoms with Crippen LogP contribution in [0.4, 0.5) is 0 Å². The molecule has 9 N–H and O–H groups in total. The first-order valence-electron chi connectivity index (χ1n) is 14.0. The molecule has 1 aromatic carbocycles. The minimum atomic E-state index is -1.56. The highest BCUT2D eigenvalue weighted by molar-refractivity contribution is 5.83. The van der Waals surface area contributed by atoms with Crippen LogP contribution in [0.3, 0.4) is 0 Å². The highest BCUT2D eigenvalue weighted by atomic mass is 16.7. The Morgan fingerprint density at radius 2 is 1.93 bits per heavy atom. The van der Waals surface area contributed by atoms with Gasteiger partial charge in [0.2, 0.25) is 24.0 Å². The van der Waals surface area contributed by atoms with Gasteiger partial charge in [0.15, 0.2) is 0 Å². The van der Waals surface area contributed by atoms with E-state index in [4.69, 9.17) is 19.9 Å². The molecule has 2 heterocycles. The molecule has 1 aromatic heterocycles. The lowest BCUT2D eigenvalue weighted by atomic mass is 9.96. The summed E-state index contributed by atoms with van der Waals surface area (Å²) in [6.45, 7) is 6.89. The van der Waals surface area contributed by atoms with Crippen molar-refractivity contribution in [3.05, 3.63) is 40.6 Å². The van der Waals surface area contributed by atoms with E-state index < -0.39 is 43.2 Å². The maximum atomic E-state index is 11.6. The zero-order valence-electron chi connectivity index (χ0n) is 24.2. The van der Waals surface area contributed by atoms with E-state index in [1.807, 2.05) is 39.0 Å². The molecule has 0 spiro atoms. The summed E-state index contributed by atoms with van der Waals surface area (Å²) in [7, 11) is 0. The quantitative estimate of drug-likeness (QED) is 0.110. The second kappa shape index (κ2) is 15.8. The largest absolute Gasteiger partial charge is 0.494 e. The number of carbonyl (C=O) groups excluding carboxylic acids is 2. The fourth-order valence-electron chi connectivity index (χ4n) is 4.52. The van der Waals surface area contributed by atoms with Gasteiger partial charge in [0.25, 0.3) is 0 Å². The average molecular weight is 594 g/mol. The number of hydrogen-bond acceptors (Lipinski definition) is 11. The molecule has 0 unspecified atom stereocenters. The lowest BCUT2D eigenvalue weighted by Gasteiger charge is -2.39. The van der Waals surface area contributed by atoms with Gasteiger partial charge in [0.05, 0.1) is 19.8 Å². The van der Waals surface area contributed by atoms with E-state index in [0.29, 0.717) is 26.1 Å². The molecule has 0 saturated carbocycles. The summed E-state index contributed by atoms with van der Waals surface area (Å²) in [5, 5.41) is 53.0. The molecule has 14 nitrogen and oxygen atoms in total. The monoisotopic (exact) mass is 593 g/mol. The van der Waals surface area contributed by atoms with Crippen LogP contribution in [0.2, 0.25) is 0 Å². The SMILES string of the molecule is Cc1cc(OCCCNCCC(=O)NCC(N)=O)ccc1Cc1c(O[C@@H]2O[C@H](CO)[C@@H](O)[C@H](O)[C@H]2O)n[nH]c1C(C)C. The summed E-state index contributed by atoms with van der Waals surface area (Å²) >= 11 is 0. The van der Waals surface area contributed by atoms with Crippen LogP contribution in [0.15, 0.2) is 18.2 Å². The van der Waals surface area contributed by atoms with E-state index in [1.165, 1.54) is 0 Å². The van der Waals surface area contributed by atoms with Crippen LogP contribution in [0, 0.1) is 6.92 Å². The molecule has 42 heavy (non-hydrogen) atoms. The third kappa shape index (κ3) is 9.11. The Bertz CT molecular complexity index is 1170. The van der Waals surface area contributed by atoms with Crippen LogP contribution in [0.1, 0.15) is 55.0 Å². The highest BCUT2D eigenvalue weighted by Crippen LogP contribution is 2.32. The number of H-pyrrole nitrogens is 1. The summed E-state index contributed by atoms with van der Waals surface area (Å²) in [6.07, 6.45) is -5.58. The highest BCUT2D eigenvalue weighted by Gasteiger charge is 2.45. The van der Waals surface area contributed by atoms with Gasteiger partial charge in [-0.1, -0.05) is 19.9 Å². The second-order valence-electron chi connectivity index (χ2n) is 10.6. The van der Waals surface area contributed by atoms with Gasteiger partial charge in [0.1, 0.15) is 30.2 Å². The molecule has 1 aliphatic rings. The molecular weight excluding hydrogens is 550 g/mol. The first kappa shape index (κ1) is 33.2. The summed E-state index contributed by atoms with van der Waals surface area (Å²) < 4.78 is 17.3. The van der Waals surface area contributed by atoms with Crippen molar-refractivity contribution >= 4 is 11.8 Å². The van der Waals surface area contributed by atoms with E-state index >= 15 is 0 Å². The molecule has 0 radical (unpaired) electrons. The molecule has 2 aromatic rings. The number of carbonyl (C=O) groups is 2. The van der Waals surface area contributed by atoms with Crippen molar-refractivity contribution in [2.75, 3.05) is 32.8 Å². The smallest absolute Gasteiger partial charge is 0.238 e. The Hall–Kier alpha value is -3.27. The lowest BCUT2D eigenvalue weighted by molar-refractivity contribution is -0.278. The summed E-state index contributed by atoms with van der Waals surface area (Å²) in [5.74, 6) is 0.179. The predicted molar refractivity (Wildman–Crippen MR) is 151 cm³/mol. The standard InChI is InChI=1S/C28H43N5O9/c1-15(2)23-19(27(33-32-23)42-28-26(39)25(38)24(37)20(14-34)41-28)12-17-5-6-18(11-16(17)3)40-10-4-8-30-9-7-22(36)31-13-21(29)35/h5-6,11,15,20,24-26,28,30,34,37-39H,4,7-10,12-14H2,1-3H3,(H2,29,35)(H,31,36)(H,32,33)/t20-,24-,25+,26-,28+/m1/s1. The van der Waals surface area contributed by atoms with E-state index in [-0.39, 0.29) is 30.7 Å². The number of rotatable bonds is 16. The normalized spacial score (nSPS) is 22.2. The van der Waals surface area contributed by atoms with Gasteiger partial charge in [0, 0.05) is 30.6 Å². The third-order valence-corrected chi connectivity index (χ3v) is 6.95. The minimum Gasteiger partial charge on any atom is -0.494 e. The Morgan fingerprint density at radius 1 is 1.17 bits per heavy atom. The summed E-state index contributed by atoms with van der Waals surface area (Å²) in [4.78, 5) is 22.2. The van der Waals surface area contributed by atoms with Crippen molar-refractivity contribution in [3.63, 3.8) is 0 Å². The van der Waals surface area contributed by atoms with Crippen molar-refractivity contribution in [2.24, 2.45) is 5.73 Å². The molecule has 14 heteroatoms. The molecule has 0 aliphatic carbocycles. The maximum absolute atomic E-state index is 11.6. The number of nitrogens with zero attached hydrogens (tertiary/aromatic N) is 1. The molecule has 2 amide bonds. The minimum absolute atomic E-state index is 0.0840. The number of primary amides is 1. The predicted octanol–water partition coefficient (Wildman–Crippen LogP) is -1.04. The molecule has 1 aliphatic heterocycles. The number of aromatic nitrogens is 2. The Balaban J connectivity index is 1.55. The number of aryl methyl sites for hydroxylation is 1. The number of amides is 2. The molecular formula is C28H43N5O9. The van der Waals surface area contributed by atoms with Crippen LogP contribution in [0.25, 0.3) is 0 Å². The number of benzene rings is 1. The number of nitrogens with two attached hydrogens (primary N) is 1. The fourth-order valence-corrected chi connectivity index (χ4v) is 4.52. The number of aliphatic hydroxyl groups excluding tert-OH is 4. The lowest BCUT2D eigenvalue weighted by Crippen LogP contribution is -2.60. The van der Waals surface area contributed by atoms with Gasteiger partial charge in [-0.2, -0.15) is 0 Å². The topological polar surface area (TPSA) is 222 Å². The van der Waals surface area contributed by atoms with Crippen LogP contribution in [-0.4, -0.2) is 106 Å². The van der Waals surface area contributed by atoms with Gasteiger partial charge in [-0.3, -0.25) is 14.7 Å². The van der Waals surface area contributed by atoms with Gasteiger partial charge in [-0.25, -0.2) is 0 Å². The molecule has 3 rings (SSSR count). The van der Waals surface area contributed by atoms with Crippen LogP contribution in [-0.2, 0) is 20.7 Å². The first-order chi connectivity index (χ1) is 20.0. The van der Waals surface area contributed by atoms with Gasteiger partial charge < -0.3 is 51.0 Å². The van der Waals surface area contributed by atoms with Gasteiger partial charge in [-0.15, -0.1) is 5.10 Å². The van der Waals surface area contributed by atoms with Crippen molar-refractivity contribution in [1.82, 2.24) is 20.8 Å². The Kier molecular flexibility index (Phi) is 12.5. The number of ether oxygens (including phenoxy) is 3. The zero-order chi connectivity index (χ0) is 30.8. The Morgan fingerprint density at radius 3 is 2.60 bits per heavy atom.